The van der Waals surface area contributed by atoms with Crippen LogP contribution in [0.3, 0.4) is 0 Å². The van der Waals surface area contributed by atoms with E-state index >= 15 is 0 Å². The Morgan fingerprint density at radius 2 is 1.74 bits per heavy atom. The highest BCUT2D eigenvalue weighted by Gasteiger charge is 2.17. The first-order valence-corrected chi connectivity index (χ1v) is 8.35. The number of hydrogen-bond donors (Lipinski definition) is 0. The van der Waals surface area contributed by atoms with Gasteiger partial charge in [-0.25, -0.2) is 0 Å². The lowest BCUT2D eigenvalue weighted by Gasteiger charge is -2.36. The van der Waals surface area contributed by atoms with E-state index in [-0.39, 0.29) is 0 Å². The molecular formula is C19H20ClN3. The molecule has 1 fully saturated rings. The van der Waals surface area contributed by atoms with Gasteiger partial charge >= 0.3 is 0 Å². The topological polar surface area (TPSA) is 30.3 Å². The number of nitrogens with zero attached hydrogens (tertiary/aromatic N) is 3. The van der Waals surface area contributed by atoms with Gasteiger partial charge in [-0.05, 0) is 30.2 Å². The molecule has 1 aliphatic rings. The number of piperazine rings is 1. The molecule has 2 aromatic carbocycles. The molecule has 0 radical (unpaired) electrons. The molecule has 2 aromatic rings. The summed E-state index contributed by atoms with van der Waals surface area (Å²) >= 11 is 6.14. The molecule has 3 nitrogen and oxygen atoms in total. The lowest BCUT2D eigenvalue weighted by atomic mass is 10.1. The van der Waals surface area contributed by atoms with Crippen LogP contribution in [0.25, 0.3) is 0 Å². The van der Waals surface area contributed by atoms with Crippen molar-refractivity contribution in [3.05, 3.63) is 64.7 Å². The zero-order chi connectivity index (χ0) is 16.1. The van der Waals surface area contributed by atoms with Gasteiger partial charge in [-0.3, -0.25) is 4.90 Å². The predicted octanol–water partition coefficient (Wildman–Crippen LogP) is 3.58. The molecule has 0 atom stereocenters. The average molecular weight is 326 g/mol. The second-order valence-corrected chi connectivity index (χ2v) is 6.25. The summed E-state index contributed by atoms with van der Waals surface area (Å²) in [5, 5.41) is 9.49. The molecule has 0 unspecified atom stereocenters. The fourth-order valence-corrected chi connectivity index (χ4v) is 3.17. The lowest BCUT2D eigenvalue weighted by Crippen LogP contribution is -2.47. The fraction of sp³-hybridized carbons (Fsp3) is 0.316. The summed E-state index contributed by atoms with van der Waals surface area (Å²) in [7, 11) is 0. The second kappa shape index (κ2) is 7.50. The molecular weight excluding hydrogens is 306 g/mol. The van der Waals surface area contributed by atoms with Crippen LogP contribution in [0.1, 0.15) is 11.1 Å². The first kappa shape index (κ1) is 15.9. The Hall–Kier alpha value is -2.02. The van der Waals surface area contributed by atoms with Gasteiger partial charge in [0.05, 0.1) is 10.6 Å². The van der Waals surface area contributed by atoms with Gasteiger partial charge in [0.15, 0.2) is 0 Å². The Labute approximate surface area is 142 Å². The summed E-state index contributed by atoms with van der Waals surface area (Å²) in [6.07, 6.45) is 1.10. The maximum absolute atomic E-state index is 8.95. The molecule has 0 aliphatic carbocycles. The van der Waals surface area contributed by atoms with Gasteiger partial charge in [0.2, 0.25) is 0 Å². The summed E-state index contributed by atoms with van der Waals surface area (Å²) in [6, 6.07) is 18.4. The van der Waals surface area contributed by atoms with E-state index in [4.69, 9.17) is 16.9 Å². The highest BCUT2D eigenvalue weighted by atomic mass is 35.5. The summed E-state index contributed by atoms with van der Waals surface area (Å²) in [5.74, 6) is 0. The van der Waals surface area contributed by atoms with Crippen LogP contribution in [-0.2, 0) is 6.42 Å². The van der Waals surface area contributed by atoms with Crippen molar-refractivity contribution < 1.29 is 0 Å². The van der Waals surface area contributed by atoms with Crippen molar-refractivity contribution in [1.29, 1.82) is 5.26 Å². The van der Waals surface area contributed by atoms with Gasteiger partial charge in [0.1, 0.15) is 6.07 Å². The van der Waals surface area contributed by atoms with Gasteiger partial charge in [-0.1, -0.05) is 41.9 Å². The van der Waals surface area contributed by atoms with Gasteiger partial charge in [-0.2, -0.15) is 5.26 Å². The normalized spacial score (nSPS) is 15.4. The Kier molecular flexibility index (Phi) is 5.17. The van der Waals surface area contributed by atoms with Crippen molar-refractivity contribution in [3.63, 3.8) is 0 Å². The van der Waals surface area contributed by atoms with Gasteiger partial charge in [0, 0.05) is 38.4 Å². The van der Waals surface area contributed by atoms with Crippen molar-refractivity contribution >= 4 is 17.3 Å². The smallest absolute Gasteiger partial charge is 0.101 e. The van der Waals surface area contributed by atoms with Crippen LogP contribution in [0.2, 0.25) is 5.02 Å². The Morgan fingerprint density at radius 1 is 1.00 bits per heavy atom. The first-order chi connectivity index (χ1) is 11.3. The maximum atomic E-state index is 8.95. The Bertz CT molecular complexity index is 686. The molecule has 0 amide bonds. The third-order valence-electron chi connectivity index (χ3n) is 4.37. The maximum Gasteiger partial charge on any atom is 0.101 e. The highest BCUT2D eigenvalue weighted by molar-refractivity contribution is 6.32. The summed E-state index contributed by atoms with van der Waals surface area (Å²) in [5.41, 5.74) is 3.04. The SMILES string of the molecule is N#Cc1ccc(N2CCN(CCc3ccccc3)CC2)cc1Cl. The minimum Gasteiger partial charge on any atom is -0.369 e. The molecule has 3 rings (SSSR count). The molecule has 0 aromatic heterocycles. The van der Waals surface area contributed by atoms with E-state index in [0.717, 1.165) is 44.8 Å². The van der Waals surface area contributed by atoms with E-state index in [0.29, 0.717) is 10.6 Å². The minimum atomic E-state index is 0.538. The van der Waals surface area contributed by atoms with E-state index in [9.17, 15) is 0 Å². The number of anilines is 1. The molecule has 4 heteroatoms. The Morgan fingerprint density at radius 3 is 2.39 bits per heavy atom. The molecule has 0 saturated carbocycles. The van der Waals surface area contributed by atoms with Crippen LogP contribution in [0.5, 0.6) is 0 Å². The number of nitriles is 1. The van der Waals surface area contributed by atoms with E-state index < -0.39 is 0 Å². The molecule has 0 N–H and O–H groups in total. The average Bonchev–Trinajstić information content (AvgIpc) is 2.61. The van der Waals surface area contributed by atoms with E-state index in [2.05, 4.69) is 46.2 Å². The first-order valence-electron chi connectivity index (χ1n) is 7.97. The van der Waals surface area contributed by atoms with Crippen LogP contribution >= 0.6 is 11.6 Å². The minimum absolute atomic E-state index is 0.538. The van der Waals surface area contributed by atoms with Crippen LogP contribution in [0.15, 0.2) is 48.5 Å². The number of benzene rings is 2. The highest BCUT2D eigenvalue weighted by Crippen LogP contribution is 2.24. The van der Waals surface area contributed by atoms with Crippen LogP contribution in [-0.4, -0.2) is 37.6 Å². The van der Waals surface area contributed by atoms with Crippen molar-refractivity contribution in [2.24, 2.45) is 0 Å². The molecule has 1 heterocycles. The van der Waals surface area contributed by atoms with Crippen molar-refractivity contribution in [3.8, 4) is 6.07 Å². The monoisotopic (exact) mass is 325 g/mol. The number of rotatable bonds is 4. The van der Waals surface area contributed by atoms with Gasteiger partial charge in [-0.15, -0.1) is 0 Å². The Balaban J connectivity index is 1.52. The van der Waals surface area contributed by atoms with Crippen LogP contribution in [0.4, 0.5) is 5.69 Å². The number of hydrogen-bond acceptors (Lipinski definition) is 3. The molecule has 118 valence electrons. The zero-order valence-electron chi connectivity index (χ0n) is 13.1. The number of halogens is 1. The molecule has 1 aliphatic heterocycles. The second-order valence-electron chi connectivity index (χ2n) is 5.84. The molecule has 0 spiro atoms. The third kappa shape index (κ3) is 4.04. The standard InChI is InChI=1S/C19H20ClN3/c20-19-14-18(7-6-17(19)15-21)23-12-10-22(11-13-23)9-8-16-4-2-1-3-5-16/h1-7,14H,8-13H2. The van der Waals surface area contributed by atoms with Crippen molar-refractivity contribution in [2.75, 3.05) is 37.6 Å². The van der Waals surface area contributed by atoms with E-state index in [1.165, 1.54) is 5.56 Å². The zero-order valence-corrected chi connectivity index (χ0v) is 13.8. The summed E-state index contributed by atoms with van der Waals surface area (Å²) in [4.78, 5) is 4.85. The van der Waals surface area contributed by atoms with Gasteiger partial charge < -0.3 is 4.90 Å². The van der Waals surface area contributed by atoms with Crippen molar-refractivity contribution in [2.45, 2.75) is 6.42 Å². The summed E-state index contributed by atoms with van der Waals surface area (Å²) in [6.45, 7) is 5.22. The molecule has 1 saturated heterocycles. The van der Waals surface area contributed by atoms with Gasteiger partial charge in [0.25, 0.3) is 0 Å². The van der Waals surface area contributed by atoms with Crippen molar-refractivity contribution in [1.82, 2.24) is 4.90 Å². The molecule has 23 heavy (non-hydrogen) atoms. The van der Waals surface area contributed by atoms with Crippen LogP contribution in [0, 0.1) is 11.3 Å². The third-order valence-corrected chi connectivity index (χ3v) is 4.68. The molecule has 0 bridgehead atoms. The quantitative estimate of drug-likeness (QED) is 0.860. The van der Waals surface area contributed by atoms with E-state index in [1.807, 2.05) is 12.1 Å². The largest absolute Gasteiger partial charge is 0.369 e. The van der Waals surface area contributed by atoms with E-state index in [1.54, 1.807) is 6.07 Å². The predicted molar refractivity (Wildman–Crippen MR) is 95.0 cm³/mol. The lowest BCUT2D eigenvalue weighted by molar-refractivity contribution is 0.261. The fourth-order valence-electron chi connectivity index (χ4n) is 2.95. The summed E-state index contributed by atoms with van der Waals surface area (Å²) < 4.78 is 0. The van der Waals surface area contributed by atoms with Crippen LogP contribution < -0.4 is 4.90 Å².